The van der Waals surface area contributed by atoms with Gasteiger partial charge in [0.2, 0.25) is 0 Å². The molecule has 16 heavy (non-hydrogen) atoms. The summed E-state index contributed by atoms with van der Waals surface area (Å²) in [6.07, 6.45) is -0.759. The maximum Gasteiger partial charge on any atom is 0.124 e. The first-order valence-corrected chi connectivity index (χ1v) is 6.37. The molecular formula is C12H10BrFOS. The predicted molar refractivity (Wildman–Crippen MR) is 67.2 cm³/mol. The summed E-state index contributed by atoms with van der Waals surface area (Å²) in [5.74, 6) is -0.350. The fraction of sp³-hybridized carbons (Fsp3) is 0.167. The number of halogens is 2. The largest absolute Gasteiger partial charge is 0.383 e. The molecule has 1 aromatic heterocycles. The smallest absolute Gasteiger partial charge is 0.124 e. The van der Waals surface area contributed by atoms with E-state index in [0.717, 1.165) is 9.75 Å². The van der Waals surface area contributed by atoms with Gasteiger partial charge in [-0.05, 0) is 42.8 Å². The van der Waals surface area contributed by atoms with Crippen molar-refractivity contribution in [3.8, 4) is 0 Å². The molecule has 1 nitrogen and oxygen atoms in total. The minimum atomic E-state index is -0.759. The summed E-state index contributed by atoms with van der Waals surface area (Å²) in [6.45, 7) is 1.97. The lowest BCUT2D eigenvalue weighted by Gasteiger charge is -2.09. The van der Waals surface area contributed by atoms with Gasteiger partial charge < -0.3 is 5.11 Å². The molecule has 0 aliphatic heterocycles. The van der Waals surface area contributed by atoms with E-state index in [1.165, 1.54) is 23.5 Å². The van der Waals surface area contributed by atoms with Crippen LogP contribution in [0.4, 0.5) is 4.39 Å². The summed E-state index contributed by atoms with van der Waals surface area (Å²) >= 11 is 4.73. The lowest BCUT2D eigenvalue weighted by molar-refractivity contribution is 0.223. The Morgan fingerprint density at radius 2 is 2.06 bits per heavy atom. The lowest BCUT2D eigenvalue weighted by atomic mass is 10.1. The summed E-state index contributed by atoms with van der Waals surface area (Å²) in [5, 5.41) is 10.1. The molecule has 0 amide bonds. The number of aryl methyl sites for hydroxylation is 1. The third-order valence-electron chi connectivity index (χ3n) is 2.23. The molecule has 0 aliphatic rings. The van der Waals surface area contributed by atoms with Gasteiger partial charge in [0.15, 0.2) is 0 Å². The molecular weight excluding hydrogens is 291 g/mol. The first-order valence-electron chi connectivity index (χ1n) is 4.76. The lowest BCUT2D eigenvalue weighted by Crippen LogP contribution is -1.97. The normalized spacial score (nSPS) is 12.8. The van der Waals surface area contributed by atoms with Crippen molar-refractivity contribution in [3.63, 3.8) is 0 Å². The SMILES string of the molecule is Cc1ccc(C(O)c2cc(F)cc(Br)c2)s1. The predicted octanol–water partition coefficient (Wildman–Crippen LogP) is 4.04. The van der Waals surface area contributed by atoms with Gasteiger partial charge in [0.05, 0.1) is 0 Å². The average Bonchev–Trinajstić information content (AvgIpc) is 2.62. The van der Waals surface area contributed by atoms with Crippen LogP contribution in [0.3, 0.4) is 0 Å². The fourth-order valence-electron chi connectivity index (χ4n) is 1.50. The van der Waals surface area contributed by atoms with Crippen LogP contribution in [0, 0.1) is 12.7 Å². The molecule has 1 N–H and O–H groups in total. The third-order valence-corrected chi connectivity index (χ3v) is 3.74. The van der Waals surface area contributed by atoms with Gasteiger partial charge in [-0.25, -0.2) is 4.39 Å². The van der Waals surface area contributed by atoms with Crippen LogP contribution in [0.2, 0.25) is 0 Å². The van der Waals surface area contributed by atoms with Crippen LogP contribution in [0.15, 0.2) is 34.8 Å². The molecule has 0 aliphatic carbocycles. The van der Waals surface area contributed by atoms with Gasteiger partial charge >= 0.3 is 0 Å². The standard InChI is InChI=1S/C12H10BrFOS/c1-7-2-3-11(16-7)12(15)8-4-9(13)6-10(14)5-8/h2-6,12,15H,1H3. The topological polar surface area (TPSA) is 20.2 Å². The Labute approximate surface area is 106 Å². The number of thiophene rings is 1. The first kappa shape index (κ1) is 11.8. The molecule has 84 valence electrons. The number of aliphatic hydroxyl groups is 1. The number of rotatable bonds is 2. The van der Waals surface area contributed by atoms with Gasteiger partial charge in [0.1, 0.15) is 11.9 Å². The second-order valence-corrected chi connectivity index (χ2v) is 5.79. The summed E-state index contributed by atoms with van der Waals surface area (Å²) in [5.41, 5.74) is 0.564. The second-order valence-electron chi connectivity index (χ2n) is 3.55. The van der Waals surface area contributed by atoms with Gasteiger partial charge in [0, 0.05) is 14.2 Å². The highest BCUT2D eigenvalue weighted by Gasteiger charge is 2.13. The number of aliphatic hydroxyl groups excluding tert-OH is 1. The van der Waals surface area contributed by atoms with Crippen LogP contribution in [0.5, 0.6) is 0 Å². The summed E-state index contributed by atoms with van der Waals surface area (Å²) < 4.78 is 13.8. The Kier molecular flexibility index (Phi) is 3.42. The van der Waals surface area contributed by atoms with E-state index < -0.39 is 6.10 Å². The van der Waals surface area contributed by atoms with E-state index in [1.54, 1.807) is 6.07 Å². The van der Waals surface area contributed by atoms with Crippen LogP contribution in [0.1, 0.15) is 21.4 Å². The van der Waals surface area contributed by atoms with Crippen LogP contribution in [-0.2, 0) is 0 Å². The molecule has 0 saturated heterocycles. The van der Waals surface area contributed by atoms with Crippen LogP contribution in [-0.4, -0.2) is 5.11 Å². The molecule has 0 spiro atoms. The maximum absolute atomic E-state index is 13.2. The molecule has 1 heterocycles. The van der Waals surface area contributed by atoms with Gasteiger partial charge in [0.25, 0.3) is 0 Å². The van der Waals surface area contributed by atoms with Gasteiger partial charge in [-0.2, -0.15) is 0 Å². The molecule has 1 atom stereocenters. The molecule has 1 aromatic carbocycles. The molecule has 0 saturated carbocycles. The Hall–Kier alpha value is -0.710. The minimum absolute atomic E-state index is 0.350. The number of hydrogen-bond acceptors (Lipinski definition) is 2. The van der Waals surface area contributed by atoms with E-state index in [1.807, 2.05) is 19.1 Å². The number of hydrogen-bond donors (Lipinski definition) is 1. The van der Waals surface area contributed by atoms with E-state index >= 15 is 0 Å². The van der Waals surface area contributed by atoms with Crippen molar-refractivity contribution in [1.29, 1.82) is 0 Å². The Morgan fingerprint density at radius 1 is 1.31 bits per heavy atom. The molecule has 2 rings (SSSR count). The maximum atomic E-state index is 13.2. The van der Waals surface area contributed by atoms with Crippen LogP contribution >= 0.6 is 27.3 Å². The monoisotopic (exact) mass is 300 g/mol. The van der Waals surface area contributed by atoms with Gasteiger partial charge in [-0.15, -0.1) is 11.3 Å². The van der Waals surface area contributed by atoms with Crippen molar-refractivity contribution >= 4 is 27.3 Å². The van der Waals surface area contributed by atoms with E-state index in [9.17, 15) is 9.50 Å². The highest BCUT2D eigenvalue weighted by Crippen LogP contribution is 2.29. The zero-order valence-electron chi connectivity index (χ0n) is 8.58. The van der Waals surface area contributed by atoms with E-state index in [4.69, 9.17) is 0 Å². The van der Waals surface area contributed by atoms with E-state index in [2.05, 4.69) is 15.9 Å². The van der Waals surface area contributed by atoms with Crippen molar-refractivity contribution in [2.45, 2.75) is 13.0 Å². The minimum Gasteiger partial charge on any atom is -0.383 e. The Morgan fingerprint density at radius 3 is 2.62 bits per heavy atom. The highest BCUT2D eigenvalue weighted by atomic mass is 79.9. The average molecular weight is 301 g/mol. The Balaban J connectivity index is 2.37. The van der Waals surface area contributed by atoms with Crippen molar-refractivity contribution in [2.75, 3.05) is 0 Å². The van der Waals surface area contributed by atoms with E-state index in [0.29, 0.717) is 10.0 Å². The van der Waals surface area contributed by atoms with Crippen LogP contribution in [0.25, 0.3) is 0 Å². The first-order chi connectivity index (χ1) is 7.56. The van der Waals surface area contributed by atoms with Crippen molar-refractivity contribution < 1.29 is 9.50 Å². The molecule has 1 unspecified atom stereocenters. The quantitative estimate of drug-likeness (QED) is 0.887. The molecule has 0 bridgehead atoms. The molecule has 4 heteroatoms. The fourth-order valence-corrected chi connectivity index (χ4v) is 2.87. The van der Waals surface area contributed by atoms with Gasteiger partial charge in [-0.1, -0.05) is 15.9 Å². The van der Waals surface area contributed by atoms with Crippen molar-refractivity contribution in [1.82, 2.24) is 0 Å². The summed E-state index contributed by atoms with van der Waals surface area (Å²) in [6, 6.07) is 8.25. The Bertz CT molecular complexity index is 489. The molecule has 0 radical (unpaired) electrons. The summed E-state index contributed by atoms with van der Waals surface area (Å²) in [7, 11) is 0. The zero-order valence-corrected chi connectivity index (χ0v) is 11.0. The highest BCUT2D eigenvalue weighted by molar-refractivity contribution is 9.10. The molecule has 2 aromatic rings. The second kappa shape index (κ2) is 4.65. The molecule has 0 fully saturated rings. The van der Waals surface area contributed by atoms with Crippen molar-refractivity contribution in [2.24, 2.45) is 0 Å². The number of benzene rings is 1. The third kappa shape index (κ3) is 2.51. The van der Waals surface area contributed by atoms with Gasteiger partial charge in [-0.3, -0.25) is 0 Å². The van der Waals surface area contributed by atoms with E-state index in [-0.39, 0.29) is 5.82 Å². The zero-order chi connectivity index (χ0) is 11.7. The van der Waals surface area contributed by atoms with Crippen molar-refractivity contribution in [3.05, 3.63) is 55.9 Å². The van der Waals surface area contributed by atoms with Crippen LogP contribution < -0.4 is 0 Å². The summed E-state index contributed by atoms with van der Waals surface area (Å²) in [4.78, 5) is 1.96.